The zero-order chi connectivity index (χ0) is 18.4. The number of benzene rings is 3. The van der Waals surface area contributed by atoms with E-state index in [1.807, 2.05) is 73.8 Å². The summed E-state index contributed by atoms with van der Waals surface area (Å²) in [6, 6.07) is 22.8. The molecular weight excluding hydrogens is 337 g/mol. The highest BCUT2D eigenvalue weighted by atomic mass is 19.1. The molecule has 0 saturated heterocycles. The summed E-state index contributed by atoms with van der Waals surface area (Å²) in [6.07, 6.45) is 1.84. The number of rotatable bonds is 2. The average Bonchev–Trinajstić information content (AvgIpc) is 3.08. The molecule has 0 saturated carbocycles. The van der Waals surface area contributed by atoms with Gasteiger partial charge in [-0.05, 0) is 42.3 Å². The third-order valence-corrected chi connectivity index (χ3v) is 4.87. The smallest absolute Gasteiger partial charge is 0.146 e. The topological polar surface area (TPSA) is 26.0 Å². The molecule has 27 heavy (non-hydrogen) atoms. The van der Waals surface area contributed by atoms with Gasteiger partial charge in [-0.2, -0.15) is 0 Å². The first-order valence-corrected chi connectivity index (χ1v) is 8.84. The number of aryl methyl sites for hydroxylation is 1. The van der Waals surface area contributed by atoms with E-state index in [0.29, 0.717) is 11.1 Å². The maximum Gasteiger partial charge on any atom is 0.146 e. The number of furan rings is 1. The zero-order valence-corrected chi connectivity index (χ0v) is 14.7. The number of halogens is 1. The van der Waals surface area contributed by atoms with E-state index in [0.717, 1.165) is 38.7 Å². The minimum atomic E-state index is -0.289. The Labute approximate surface area is 155 Å². The predicted octanol–water partition coefficient (Wildman–Crippen LogP) is 6.76. The van der Waals surface area contributed by atoms with E-state index in [1.54, 1.807) is 6.07 Å². The molecule has 5 rings (SSSR count). The van der Waals surface area contributed by atoms with Crippen molar-refractivity contribution in [2.75, 3.05) is 0 Å². The standard InChI is InChI=1S/C24H16FNO/c1-15-10-13-21(26-14-15)19-9-5-8-17-18-11-12-20(25)22(24(18)27-23(17)19)16-6-3-2-4-7-16/h2-14H,1H3. The molecular formula is C24H16FNO. The minimum Gasteiger partial charge on any atom is -0.455 e. The molecule has 0 aliphatic carbocycles. The van der Waals surface area contributed by atoms with Crippen molar-refractivity contribution in [3.63, 3.8) is 0 Å². The molecule has 0 bridgehead atoms. The van der Waals surface area contributed by atoms with Gasteiger partial charge in [0, 0.05) is 22.5 Å². The summed E-state index contributed by atoms with van der Waals surface area (Å²) >= 11 is 0. The van der Waals surface area contributed by atoms with Gasteiger partial charge in [-0.1, -0.05) is 48.5 Å². The van der Waals surface area contributed by atoms with Gasteiger partial charge >= 0.3 is 0 Å². The number of nitrogens with zero attached hydrogens (tertiary/aromatic N) is 1. The van der Waals surface area contributed by atoms with Gasteiger partial charge in [0.1, 0.15) is 17.0 Å². The SMILES string of the molecule is Cc1ccc(-c2cccc3c2oc2c(-c4ccccc4)c(F)ccc23)nc1. The van der Waals surface area contributed by atoms with Crippen LogP contribution in [0.2, 0.25) is 0 Å². The molecule has 0 aliphatic heterocycles. The van der Waals surface area contributed by atoms with Crippen LogP contribution in [0.25, 0.3) is 44.3 Å². The van der Waals surface area contributed by atoms with Gasteiger partial charge in [-0.15, -0.1) is 0 Å². The Kier molecular flexibility index (Phi) is 3.54. The molecule has 0 unspecified atom stereocenters. The van der Waals surface area contributed by atoms with Crippen molar-refractivity contribution in [3.8, 4) is 22.4 Å². The number of hydrogen-bond donors (Lipinski definition) is 0. The van der Waals surface area contributed by atoms with Crippen LogP contribution in [0.1, 0.15) is 5.56 Å². The van der Waals surface area contributed by atoms with E-state index < -0.39 is 0 Å². The Morgan fingerprint density at radius 3 is 2.37 bits per heavy atom. The van der Waals surface area contributed by atoms with Gasteiger partial charge in [0.2, 0.25) is 0 Å². The molecule has 0 amide bonds. The Hall–Kier alpha value is -3.46. The van der Waals surface area contributed by atoms with Gasteiger partial charge in [0.25, 0.3) is 0 Å². The molecule has 130 valence electrons. The summed E-state index contributed by atoms with van der Waals surface area (Å²) < 4.78 is 21.0. The first kappa shape index (κ1) is 15.8. The Bertz CT molecular complexity index is 1270. The zero-order valence-electron chi connectivity index (χ0n) is 14.7. The normalized spacial score (nSPS) is 11.3. The third kappa shape index (κ3) is 2.51. The van der Waals surface area contributed by atoms with Gasteiger partial charge in [-0.3, -0.25) is 4.98 Å². The minimum absolute atomic E-state index is 0.289. The predicted molar refractivity (Wildman–Crippen MR) is 107 cm³/mol. The molecule has 0 radical (unpaired) electrons. The molecule has 2 aromatic heterocycles. The second-order valence-corrected chi connectivity index (χ2v) is 6.67. The second-order valence-electron chi connectivity index (χ2n) is 6.67. The largest absolute Gasteiger partial charge is 0.455 e. The van der Waals surface area contributed by atoms with Crippen LogP contribution < -0.4 is 0 Å². The van der Waals surface area contributed by atoms with E-state index in [2.05, 4.69) is 4.98 Å². The van der Waals surface area contributed by atoms with Crippen molar-refractivity contribution < 1.29 is 8.81 Å². The van der Waals surface area contributed by atoms with Crippen molar-refractivity contribution in [1.82, 2.24) is 4.98 Å². The number of hydrogen-bond acceptors (Lipinski definition) is 2. The number of para-hydroxylation sites is 1. The molecule has 0 aliphatic rings. The fourth-order valence-electron chi connectivity index (χ4n) is 3.54. The van der Waals surface area contributed by atoms with Crippen LogP contribution in [-0.4, -0.2) is 4.98 Å². The van der Waals surface area contributed by atoms with Crippen LogP contribution >= 0.6 is 0 Å². The summed E-state index contributed by atoms with van der Waals surface area (Å²) in [5.41, 5.74) is 5.43. The van der Waals surface area contributed by atoms with Crippen LogP contribution in [0.3, 0.4) is 0 Å². The van der Waals surface area contributed by atoms with Crippen LogP contribution in [0.5, 0.6) is 0 Å². The Balaban J connectivity index is 1.85. The molecule has 0 spiro atoms. The highest BCUT2D eigenvalue weighted by Gasteiger charge is 2.18. The van der Waals surface area contributed by atoms with E-state index >= 15 is 0 Å². The Morgan fingerprint density at radius 2 is 1.59 bits per heavy atom. The van der Waals surface area contributed by atoms with Crippen molar-refractivity contribution in [2.24, 2.45) is 0 Å². The van der Waals surface area contributed by atoms with Crippen LogP contribution in [0, 0.1) is 12.7 Å². The van der Waals surface area contributed by atoms with Gasteiger partial charge in [-0.25, -0.2) is 4.39 Å². The number of aromatic nitrogens is 1. The molecule has 0 atom stereocenters. The van der Waals surface area contributed by atoms with Crippen molar-refractivity contribution in [1.29, 1.82) is 0 Å². The fraction of sp³-hybridized carbons (Fsp3) is 0.0417. The van der Waals surface area contributed by atoms with E-state index in [1.165, 1.54) is 6.07 Å². The molecule has 3 aromatic carbocycles. The average molecular weight is 353 g/mol. The summed E-state index contributed by atoms with van der Waals surface area (Å²) in [4.78, 5) is 4.53. The molecule has 2 nitrogen and oxygen atoms in total. The Morgan fingerprint density at radius 1 is 0.778 bits per heavy atom. The molecule has 5 aromatic rings. The lowest BCUT2D eigenvalue weighted by molar-refractivity contribution is 0.622. The summed E-state index contributed by atoms with van der Waals surface area (Å²) in [5, 5.41) is 1.86. The monoisotopic (exact) mass is 353 g/mol. The van der Waals surface area contributed by atoms with Crippen LogP contribution in [0.15, 0.2) is 83.4 Å². The number of fused-ring (bicyclic) bond motifs is 3. The first-order valence-electron chi connectivity index (χ1n) is 8.84. The molecule has 0 N–H and O–H groups in total. The van der Waals surface area contributed by atoms with Gasteiger partial charge < -0.3 is 4.42 Å². The molecule has 2 heterocycles. The van der Waals surface area contributed by atoms with Crippen LogP contribution in [0.4, 0.5) is 4.39 Å². The van der Waals surface area contributed by atoms with Crippen LogP contribution in [-0.2, 0) is 0 Å². The highest BCUT2D eigenvalue weighted by Crippen LogP contribution is 2.40. The van der Waals surface area contributed by atoms with Crippen molar-refractivity contribution >= 4 is 21.9 Å². The van der Waals surface area contributed by atoms with Crippen molar-refractivity contribution in [3.05, 3.63) is 90.4 Å². The molecule has 0 fully saturated rings. The summed E-state index contributed by atoms with van der Waals surface area (Å²) in [6.45, 7) is 2.01. The van der Waals surface area contributed by atoms with E-state index in [-0.39, 0.29) is 5.82 Å². The first-order chi connectivity index (χ1) is 13.2. The maximum atomic E-state index is 14.7. The lowest BCUT2D eigenvalue weighted by Crippen LogP contribution is -1.84. The van der Waals surface area contributed by atoms with E-state index in [4.69, 9.17) is 4.42 Å². The lowest BCUT2D eigenvalue weighted by atomic mass is 10.0. The lowest BCUT2D eigenvalue weighted by Gasteiger charge is -2.04. The number of pyridine rings is 1. The summed E-state index contributed by atoms with van der Waals surface area (Å²) in [7, 11) is 0. The third-order valence-electron chi connectivity index (χ3n) is 4.87. The van der Waals surface area contributed by atoms with Crippen molar-refractivity contribution in [2.45, 2.75) is 6.92 Å². The molecule has 3 heteroatoms. The second kappa shape index (κ2) is 6.06. The highest BCUT2D eigenvalue weighted by molar-refractivity contribution is 6.12. The van der Waals surface area contributed by atoms with Gasteiger partial charge in [0.05, 0.1) is 11.3 Å². The fourth-order valence-corrected chi connectivity index (χ4v) is 3.54. The van der Waals surface area contributed by atoms with E-state index in [9.17, 15) is 4.39 Å². The van der Waals surface area contributed by atoms with Gasteiger partial charge in [0.15, 0.2) is 0 Å². The quantitative estimate of drug-likeness (QED) is 0.350. The maximum absolute atomic E-state index is 14.7. The summed E-state index contributed by atoms with van der Waals surface area (Å²) in [5.74, 6) is -0.289.